The van der Waals surface area contributed by atoms with Gasteiger partial charge in [-0.1, -0.05) is 29.8 Å². The zero-order chi connectivity index (χ0) is 21.6. The molecule has 0 saturated carbocycles. The van der Waals surface area contributed by atoms with Crippen LogP contribution >= 0.6 is 11.6 Å². The van der Waals surface area contributed by atoms with Crippen molar-refractivity contribution in [3.05, 3.63) is 64.9 Å². The average Bonchev–Trinajstić information content (AvgIpc) is 2.76. The maximum absolute atomic E-state index is 12.9. The quantitative estimate of drug-likeness (QED) is 0.356. The van der Waals surface area contributed by atoms with Crippen molar-refractivity contribution in [1.82, 2.24) is 14.4 Å². The second-order valence-electron chi connectivity index (χ2n) is 7.11. The van der Waals surface area contributed by atoms with Gasteiger partial charge >= 0.3 is 0 Å². The number of benzene rings is 1. The third-order valence-electron chi connectivity index (χ3n) is 5.03. The van der Waals surface area contributed by atoms with E-state index in [1.54, 1.807) is 18.2 Å². The number of carbonyl (C=O) groups excluding carboxylic acids is 1. The van der Waals surface area contributed by atoms with Crippen molar-refractivity contribution < 1.29 is 23.2 Å². The standard InChI is InChI=1S/C20H24ClN3O5S/c21-18-5-1-3-16(11-18)13-29-19-6-9-23(10-7-19)30(27,28)14-20(24(26)15-25)17-4-2-8-22-12-17/h1-5,8,11-12,15,19-20,26H,6-7,9-10,13-14H2. The van der Waals surface area contributed by atoms with Crippen molar-refractivity contribution >= 4 is 28.0 Å². The number of piperidine rings is 1. The van der Waals surface area contributed by atoms with E-state index in [0.717, 1.165) is 5.56 Å². The third-order valence-corrected chi connectivity index (χ3v) is 7.16. The molecule has 3 rings (SSSR count). The summed E-state index contributed by atoms with van der Waals surface area (Å²) in [6.45, 7) is 1.05. The molecule has 1 fully saturated rings. The van der Waals surface area contributed by atoms with Gasteiger partial charge in [0.2, 0.25) is 16.4 Å². The van der Waals surface area contributed by atoms with Crippen molar-refractivity contribution in [2.24, 2.45) is 0 Å². The lowest BCUT2D eigenvalue weighted by molar-refractivity contribution is -0.159. The highest BCUT2D eigenvalue weighted by Gasteiger charge is 2.33. The minimum Gasteiger partial charge on any atom is -0.373 e. The zero-order valence-electron chi connectivity index (χ0n) is 16.3. The molecule has 0 radical (unpaired) electrons. The predicted octanol–water partition coefficient (Wildman–Crippen LogP) is 2.63. The summed E-state index contributed by atoms with van der Waals surface area (Å²) >= 11 is 5.98. The van der Waals surface area contributed by atoms with E-state index in [1.807, 2.05) is 18.2 Å². The van der Waals surface area contributed by atoms with Crippen LogP contribution in [0.1, 0.15) is 30.0 Å². The average molecular weight is 454 g/mol. The first-order valence-electron chi connectivity index (χ1n) is 9.55. The van der Waals surface area contributed by atoms with Crippen LogP contribution in [0, 0.1) is 0 Å². The van der Waals surface area contributed by atoms with Gasteiger partial charge in [-0.3, -0.25) is 15.0 Å². The van der Waals surface area contributed by atoms with Crippen molar-refractivity contribution in [3.8, 4) is 0 Å². The summed E-state index contributed by atoms with van der Waals surface area (Å²) in [5.74, 6) is -0.429. The van der Waals surface area contributed by atoms with E-state index in [0.29, 0.717) is 48.2 Å². The fraction of sp³-hybridized carbons (Fsp3) is 0.400. The van der Waals surface area contributed by atoms with Crippen LogP contribution in [0.25, 0.3) is 0 Å². The van der Waals surface area contributed by atoms with Gasteiger partial charge in [0.05, 0.1) is 18.5 Å². The van der Waals surface area contributed by atoms with E-state index in [-0.39, 0.29) is 12.5 Å². The van der Waals surface area contributed by atoms with Gasteiger partial charge in [-0.15, -0.1) is 0 Å². The van der Waals surface area contributed by atoms with Crippen LogP contribution in [0.5, 0.6) is 0 Å². The van der Waals surface area contributed by atoms with E-state index >= 15 is 0 Å². The van der Waals surface area contributed by atoms with Crippen LogP contribution in [-0.4, -0.2) is 59.3 Å². The number of halogens is 1. The Morgan fingerprint density at radius 1 is 1.30 bits per heavy atom. The van der Waals surface area contributed by atoms with Crippen LogP contribution in [0.15, 0.2) is 48.8 Å². The normalized spacial score (nSPS) is 16.9. The number of sulfonamides is 1. The number of nitrogens with zero attached hydrogens (tertiary/aromatic N) is 3. The van der Waals surface area contributed by atoms with E-state index in [1.165, 1.54) is 16.7 Å². The second-order valence-corrected chi connectivity index (χ2v) is 9.56. The highest BCUT2D eigenvalue weighted by Crippen LogP contribution is 2.24. The molecule has 30 heavy (non-hydrogen) atoms. The molecular weight excluding hydrogens is 430 g/mol. The number of pyridine rings is 1. The molecule has 1 aromatic heterocycles. The predicted molar refractivity (Wildman–Crippen MR) is 111 cm³/mol. The van der Waals surface area contributed by atoms with E-state index in [9.17, 15) is 18.4 Å². The molecule has 10 heteroatoms. The molecule has 8 nitrogen and oxygen atoms in total. The smallest absolute Gasteiger partial charge is 0.233 e. The molecule has 2 heterocycles. The molecule has 1 saturated heterocycles. The van der Waals surface area contributed by atoms with Crippen LogP contribution in [0.4, 0.5) is 0 Å². The number of amides is 1. The molecule has 1 N–H and O–H groups in total. The number of hydrogen-bond acceptors (Lipinski definition) is 6. The number of carbonyl (C=O) groups is 1. The lowest BCUT2D eigenvalue weighted by Crippen LogP contribution is -2.44. The number of hydrogen-bond donors (Lipinski definition) is 1. The minimum atomic E-state index is -3.71. The summed E-state index contributed by atoms with van der Waals surface area (Å²) in [5, 5.41) is 10.9. The summed E-state index contributed by atoms with van der Waals surface area (Å²) in [4.78, 5) is 15.0. The third kappa shape index (κ3) is 5.99. The van der Waals surface area contributed by atoms with Gasteiger partial charge in [0.1, 0.15) is 6.04 Å². The molecule has 1 aromatic carbocycles. The SMILES string of the molecule is O=CN(O)C(CS(=O)(=O)N1CCC(OCc2cccc(Cl)c2)CC1)c1cccnc1. The Bertz CT molecular complexity index is 936. The molecule has 1 amide bonds. The second kappa shape index (κ2) is 10.3. The molecule has 0 spiro atoms. The largest absolute Gasteiger partial charge is 0.373 e. The van der Waals surface area contributed by atoms with Crippen molar-refractivity contribution in [3.63, 3.8) is 0 Å². The van der Waals surface area contributed by atoms with Crippen molar-refractivity contribution in [1.29, 1.82) is 0 Å². The monoisotopic (exact) mass is 453 g/mol. The summed E-state index contributed by atoms with van der Waals surface area (Å²) in [6.07, 6.45) is 4.24. The van der Waals surface area contributed by atoms with Crippen LogP contribution in [0.2, 0.25) is 5.02 Å². The Morgan fingerprint density at radius 3 is 2.70 bits per heavy atom. The Balaban J connectivity index is 1.57. The summed E-state index contributed by atoms with van der Waals surface area (Å²) in [5.41, 5.74) is 1.41. The van der Waals surface area contributed by atoms with E-state index < -0.39 is 21.8 Å². The molecule has 0 bridgehead atoms. The summed E-state index contributed by atoms with van der Waals surface area (Å²) in [6, 6.07) is 9.64. The highest BCUT2D eigenvalue weighted by atomic mass is 35.5. The van der Waals surface area contributed by atoms with Gasteiger partial charge in [0.15, 0.2) is 0 Å². The molecule has 162 valence electrons. The lowest BCUT2D eigenvalue weighted by atomic mass is 10.1. The molecule has 1 unspecified atom stereocenters. The van der Waals surface area contributed by atoms with Crippen LogP contribution < -0.4 is 0 Å². The van der Waals surface area contributed by atoms with Gasteiger partial charge in [-0.2, -0.15) is 0 Å². The summed E-state index contributed by atoms with van der Waals surface area (Å²) < 4.78 is 33.1. The Kier molecular flexibility index (Phi) is 7.79. The highest BCUT2D eigenvalue weighted by molar-refractivity contribution is 7.89. The van der Waals surface area contributed by atoms with Gasteiger partial charge in [-0.05, 0) is 42.2 Å². The molecule has 0 aliphatic carbocycles. The Hall–Kier alpha value is -2.04. The Labute approximate surface area is 181 Å². The zero-order valence-corrected chi connectivity index (χ0v) is 17.9. The fourth-order valence-corrected chi connectivity index (χ4v) is 5.33. The Morgan fingerprint density at radius 2 is 2.07 bits per heavy atom. The van der Waals surface area contributed by atoms with Crippen molar-refractivity contribution in [2.45, 2.75) is 31.6 Å². The number of aromatic nitrogens is 1. The van der Waals surface area contributed by atoms with Gasteiger partial charge in [0.25, 0.3) is 0 Å². The van der Waals surface area contributed by atoms with Gasteiger partial charge in [-0.25, -0.2) is 17.8 Å². The first-order valence-corrected chi connectivity index (χ1v) is 11.5. The van der Waals surface area contributed by atoms with Gasteiger partial charge in [0, 0.05) is 30.5 Å². The number of ether oxygens (including phenoxy) is 1. The number of hydroxylamine groups is 2. The van der Waals surface area contributed by atoms with Gasteiger partial charge < -0.3 is 4.74 Å². The number of rotatable bonds is 9. The molecular formula is C20H24ClN3O5S. The molecule has 1 aliphatic heterocycles. The maximum atomic E-state index is 12.9. The first-order chi connectivity index (χ1) is 14.4. The van der Waals surface area contributed by atoms with E-state index in [2.05, 4.69) is 4.98 Å². The van der Waals surface area contributed by atoms with Crippen molar-refractivity contribution in [2.75, 3.05) is 18.8 Å². The first kappa shape index (κ1) is 22.6. The lowest BCUT2D eigenvalue weighted by Gasteiger charge is -2.33. The van der Waals surface area contributed by atoms with E-state index in [4.69, 9.17) is 16.3 Å². The molecule has 1 atom stereocenters. The minimum absolute atomic E-state index is 0.0473. The summed E-state index contributed by atoms with van der Waals surface area (Å²) in [7, 11) is -3.71. The molecule has 2 aromatic rings. The molecule has 1 aliphatic rings. The van der Waals surface area contributed by atoms with Crippen LogP contribution in [-0.2, 0) is 26.2 Å². The maximum Gasteiger partial charge on any atom is 0.233 e. The van der Waals surface area contributed by atoms with Crippen LogP contribution in [0.3, 0.4) is 0 Å². The topological polar surface area (TPSA) is 100 Å². The fourth-order valence-electron chi connectivity index (χ4n) is 3.39.